The van der Waals surface area contributed by atoms with Gasteiger partial charge in [0, 0.05) is 31.3 Å². The first-order valence-corrected chi connectivity index (χ1v) is 17.9. The molecule has 0 spiro atoms. The van der Waals surface area contributed by atoms with Crippen LogP contribution in [0, 0.1) is 17.0 Å². The van der Waals surface area contributed by atoms with Crippen LogP contribution >= 0.6 is 0 Å². The number of hydrogen-bond acceptors (Lipinski definition) is 8. The van der Waals surface area contributed by atoms with E-state index in [2.05, 4.69) is 31.9 Å². The molecule has 0 radical (unpaired) electrons. The van der Waals surface area contributed by atoms with E-state index in [0.717, 1.165) is 5.56 Å². The second-order valence-electron chi connectivity index (χ2n) is 13.2. The van der Waals surface area contributed by atoms with E-state index in [9.17, 15) is 34.3 Å². The van der Waals surface area contributed by atoms with Gasteiger partial charge in [0.2, 0.25) is 23.6 Å². The van der Waals surface area contributed by atoms with Crippen LogP contribution in [0.25, 0.3) is 0 Å². The van der Waals surface area contributed by atoms with Gasteiger partial charge < -0.3 is 42.2 Å². The molecule has 1 aromatic heterocycles. The Hall–Kier alpha value is -4.72. The monoisotopic (exact) mass is 711 g/mol. The number of pyridine rings is 1. The van der Waals surface area contributed by atoms with Gasteiger partial charge in [0.05, 0.1) is 11.6 Å². The number of likely N-dealkylation sites (N-methyl/N-ethyl adjacent to an activating group) is 1. The molecule has 6 atom stereocenters. The molecule has 2 aromatic rings. The van der Waals surface area contributed by atoms with Crippen molar-refractivity contribution >= 4 is 29.5 Å². The van der Waals surface area contributed by atoms with E-state index in [1.807, 2.05) is 48.5 Å². The summed E-state index contributed by atoms with van der Waals surface area (Å²) in [5, 5.41) is 38.8. The molecule has 7 N–H and O–H groups in total. The molecule has 1 heterocycles. The fourth-order valence-electron chi connectivity index (χ4n) is 5.48. The Labute approximate surface area is 301 Å². The number of rotatable bonds is 21. The lowest BCUT2D eigenvalue weighted by Gasteiger charge is -2.29. The van der Waals surface area contributed by atoms with Gasteiger partial charge in [-0.1, -0.05) is 66.5 Å². The average molecular weight is 712 g/mol. The predicted octanol–water partition coefficient (Wildman–Crippen LogP) is 1.83. The summed E-state index contributed by atoms with van der Waals surface area (Å²) >= 11 is 0. The SMILES string of the molecule is CCC[C@H](NC(=O)[C@@H](NC(=O)c1cc[n+]([O-])cc1)[C@@H](C)CC)C(=O)N[C@H](CN[C@@H](CC)C(=O)N[C@H](C(=O)NCC)C(C)C)Cc1ccc(O)cc1. The summed E-state index contributed by atoms with van der Waals surface area (Å²) in [6.45, 7) is 13.6. The summed E-state index contributed by atoms with van der Waals surface area (Å²) < 4.78 is 0.557. The third kappa shape index (κ3) is 13.8. The van der Waals surface area contributed by atoms with Gasteiger partial charge in [-0.25, -0.2) is 0 Å². The molecule has 0 fully saturated rings. The molecule has 14 nitrogen and oxygen atoms in total. The number of phenolic OH excluding ortho intramolecular Hbond substituents is 1. The van der Waals surface area contributed by atoms with Crippen LogP contribution in [0.2, 0.25) is 0 Å². The van der Waals surface area contributed by atoms with Crippen LogP contribution in [0.1, 0.15) is 90.1 Å². The van der Waals surface area contributed by atoms with Gasteiger partial charge in [-0.05, 0) is 55.7 Å². The largest absolute Gasteiger partial charge is 0.619 e. The van der Waals surface area contributed by atoms with E-state index in [0.29, 0.717) is 43.4 Å². The maximum Gasteiger partial charge on any atom is 0.252 e. The maximum absolute atomic E-state index is 13.8. The highest BCUT2D eigenvalue weighted by Crippen LogP contribution is 2.14. The van der Waals surface area contributed by atoms with E-state index in [1.54, 1.807) is 24.3 Å². The van der Waals surface area contributed by atoms with E-state index in [1.165, 1.54) is 24.5 Å². The Balaban J connectivity index is 2.24. The van der Waals surface area contributed by atoms with Crippen molar-refractivity contribution in [2.45, 2.75) is 111 Å². The smallest absolute Gasteiger partial charge is 0.252 e. The zero-order chi connectivity index (χ0) is 38.1. The van der Waals surface area contributed by atoms with E-state index in [4.69, 9.17) is 0 Å². The lowest BCUT2D eigenvalue weighted by Crippen LogP contribution is -2.58. The number of nitrogens with zero attached hydrogens (tertiary/aromatic N) is 1. The van der Waals surface area contributed by atoms with Crippen molar-refractivity contribution in [1.29, 1.82) is 0 Å². The number of aromatic nitrogens is 1. The van der Waals surface area contributed by atoms with Crippen LogP contribution in [0.3, 0.4) is 0 Å². The van der Waals surface area contributed by atoms with Crippen LogP contribution in [-0.2, 0) is 25.6 Å². The van der Waals surface area contributed by atoms with Gasteiger partial charge in [0.1, 0.15) is 23.9 Å². The fourth-order valence-corrected chi connectivity index (χ4v) is 5.48. The highest BCUT2D eigenvalue weighted by atomic mass is 16.5. The normalized spacial score (nSPS) is 14.7. The predicted molar refractivity (Wildman–Crippen MR) is 194 cm³/mol. The second-order valence-corrected chi connectivity index (χ2v) is 13.2. The summed E-state index contributed by atoms with van der Waals surface area (Å²) in [4.78, 5) is 66.4. The van der Waals surface area contributed by atoms with Crippen molar-refractivity contribution in [1.82, 2.24) is 31.9 Å². The number of nitrogens with one attached hydrogen (secondary N) is 6. The number of benzene rings is 1. The molecule has 0 bridgehead atoms. The lowest BCUT2D eigenvalue weighted by atomic mass is 9.97. The van der Waals surface area contributed by atoms with Gasteiger partial charge in [-0.15, -0.1) is 0 Å². The number of hydrogen-bond donors (Lipinski definition) is 7. The Bertz CT molecular complexity index is 1420. The number of aromatic hydroxyl groups is 1. The number of phenols is 1. The lowest BCUT2D eigenvalue weighted by molar-refractivity contribution is -0.605. The van der Waals surface area contributed by atoms with Crippen molar-refractivity contribution in [3.8, 4) is 5.75 Å². The van der Waals surface area contributed by atoms with Crippen LogP contribution in [-0.4, -0.2) is 77.9 Å². The van der Waals surface area contributed by atoms with Crippen LogP contribution in [0.5, 0.6) is 5.75 Å². The summed E-state index contributed by atoms with van der Waals surface area (Å²) in [5.74, 6) is -2.36. The fraction of sp³-hybridized carbons (Fsp3) is 0.568. The second kappa shape index (κ2) is 21.5. The van der Waals surface area contributed by atoms with Crippen molar-refractivity contribution in [3.63, 3.8) is 0 Å². The van der Waals surface area contributed by atoms with Crippen LogP contribution < -0.4 is 36.6 Å². The minimum absolute atomic E-state index is 0.0991. The third-order valence-corrected chi connectivity index (χ3v) is 8.75. The Morgan fingerprint density at radius 3 is 1.92 bits per heavy atom. The Kier molecular flexibility index (Phi) is 17.9. The zero-order valence-electron chi connectivity index (χ0n) is 31.0. The standard InChI is InChI=1S/C37H57N7O7/c1-8-12-30(41-37(50)32(24(7)9-2)43-33(46)26-17-19-44(51)20-18-26)35(48)40-27(21-25-13-15-28(45)16-14-25)22-39-29(10-3)34(47)42-31(23(5)6)36(49)38-11-4/h13-20,23-24,27,29-32,39,45H,8-12,21-22H2,1-7H3,(H,38,49)(H,40,48)(H,41,50)(H,42,47)(H,43,46)/t24-,27-,29-,30-,31-,32-/m0/s1. The Morgan fingerprint density at radius 2 is 1.37 bits per heavy atom. The van der Waals surface area contributed by atoms with Crippen molar-refractivity contribution in [2.75, 3.05) is 13.1 Å². The first kappa shape index (κ1) is 42.4. The van der Waals surface area contributed by atoms with E-state index >= 15 is 0 Å². The molecule has 0 aliphatic rings. The van der Waals surface area contributed by atoms with Gasteiger partial charge in [-0.3, -0.25) is 24.0 Å². The first-order valence-electron chi connectivity index (χ1n) is 17.9. The third-order valence-electron chi connectivity index (χ3n) is 8.75. The highest BCUT2D eigenvalue weighted by Gasteiger charge is 2.32. The summed E-state index contributed by atoms with van der Waals surface area (Å²) in [6.07, 6.45) is 4.65. The molecule has 0 saturated heterocycles. The number of amides is 5. The Morgan fingerprint density at radius 1 is 0.745 bits per heavy atom. The summed E-state index contributed by atoms with van der Waals surface area (Å²) in [5.41, 5.74) is 1.05. The molecule has 2 rings (SSSR count). The number of carbonyl (C=O) groups is 5. The minimum atomic E-state index is -0.943. The zero-order valence-corrected chi connectivity index (χ0v) is 31.0. The molecule has 0 aliphatic heterocycles. The number of carbonyl (C=O) groups excluding carboxylic acids is 5. The van der Waals surface area contributed by atoms with Crippen LogP contribution in [0.4, 0.5) is 0 Å². The molecular formula is C37H57N7O7. The molecule has 14 heteroatoms. The summed E-state index contributed by atoms with van der Waals surface area (Å²) in [6, 6.07) is 5.55. The van der Waals surface area contributed by atoms with Gasteiger partial charge in [-0.2, -0.15) is 4.73 Å². The van der Waals surface area contributed by atoms with Crippen LogP contribution in [0.15, 0.2) is 48.8 Å². The first-order chi connectivity index (χ1) is 24.2. The summed E-state index contributed by atoms with van der Waals surface area (Å²) in [7, 11) is 0. The van der Waals surface area contributed by atoms with Crippen molar-refractivity contribution in [3.05, 3.63) is 65.1 Å². The van der Waals surface area contributed by atoms with Gasteiger partial charge in [0.15, 0.2) is 12.4 Å². The van der Waals surface area contributed by atoms with Gasteiger partial charge >= 0.3 is 0 Å². The van der Waals surface area contributed by atoms with E-state index < -0.39 is 47.9 Å². The molecule has 282 valence electrons. The minimum Gasteiger partial charge on any atom is -0.619 e. The molecule has 1 aromatic carbocycles. The molecule has 0 aliphatic carbocycles. The average Bonchev–Trinajstić information content (AvgIpc) is 3.10. The van der Waals surface area contributed by atoms with Gasteiger partial charge in [0.25, 0.3) is 5.91 Å². The van der Waals surface area contributed by atoms with E-state index in [-0.39, 0.29) is 41.5 Å². The maximum atomic E-state index is 13.8. The molecule has 51 heavy (non-hydrogen) atoms. The molecule has 0 saturated carbocycles. The molecule has 0 unspecified atom stereocenters. The van der Waals surface area contributed by atoms with Crippen molar-refractivity contribution in [2.24, 2.45) is 11.8 Å². The van der Waals surface area contributed by atoms with Crippen molar-refractivity contribution < 1.29 is 33.8 Å². The molecule has 5 amide bonds. The quantitative estimate of drug-likeness (QED) is 0.0750. The molecular weight excluding hydrogens is 654 g/mol. The highest BCUT2D eigenvalue weighted by molar-refractivity contribution is 5.98. The topological polar surface area (TPSA) is 205 Å².